The highest BCUT2D eigenvalue weighted by Gasteiger charge is 1.73. The minimum atomic E-state index is 0.715. The van der Waals surface area contributed by atoms with E-state index in [0.29, 0.717) is 6.42 Å². The monoisotopic (exact) mass is 91.0 g/mol. The fourth-order valence-electron chi connectivity index (χ4n) is 0.357. The van der Waals surface area contributed by atoms with E-state index in [1.165, 1.54) is 0 Å². The predicted molar refractivity (Wildman–Crippen MR) is 29.0 cm³/mol. The number of rotatable bonds is 0. The van der Waals surface area contributed by atoms with E-state index in [9.17, 15) is 0 Å². The van der Waals surface area contributed by atoms with Gasteiger partial charge in [0.25, 0.3) is 0 Å². The second-order valence-corrected chi connectivity index (χ2v) is 1.18. The van der Waals surface area contributed by atoms with Crippen LogP contribution < -0.4 is 0 Å². The van der Waals surface area contributed by atoms with Crippen molar-refractivity contribution in [2.45, 2.75) is 6.42 Å². The standard InChI is InChI=1S/C6H5N/c1-2-4-6-7-5-3-1/h1,3,5H,4H2. The number of hydrogen-bond acceptors (Lipinski definition) is 1. The summed E-state index contributed by atoms with van der Waals surface area (Å²) in [5, 5.41) is 0. The summed E-state index contributed by atoms with van der Waals surface area (Å²) in [6.07, 6.45) is 11.8. The summed E-state index contributed by atoms with van der Waals surface area (Å²) in [5.74, 6) is 0. The van der Waals surface area contributed by atoms with Gasteiger partial charge in [-0.1, -0.05) is 6.08 Å². The van der Waals surface area contributed by atoms with Crippen molar-refractivity contribution in [1.29, 1.82) is 0 Å². The van der Waals surface area contributed by atoms with Crippen LogP contribution in [-0.2, 0) is 0 Å². The molecule has 1 aliphatic rings. The fraction of sp³-hybridized carbons (Fsp3) is 0.167. The van der Waals surface area contributed by atoms with Crippen molar-refractivity contribution in [1.82, 2.24) is 0 Å². The van der Waals surface area contributed by atoms with Crippen LogP contribution in [0.1, 0.15) is 6.42 Å². The summed E-state index contributed by atoms with van der Waals surface area (Å²) in [6.45, 7) is 0. The molecule has 1 nitrogen and oxygen atoms in total. The Balaban J connectivity index is 2.60. The van der Waals surface area contributed by atoms with Crippen LogP contribution in [0.2, 0.25) is 0 Å². The van der Waals surface area contributed by atoms with Crippen LogP contribution in [0.25, 0.3) is 0 Å². The fourth-order valence-corrected chi connectivity index (χ4v) is 0.357. The van der Waals surface area contributed by atoms with Gasteiger partial charge in [0.05, 0.1) is 6.21 Å². The zero-order valence-corrected chi connectivity index (χ0v) is 3.89. The second-order valence-electron chi connectivity index (χ2n) is 1.18. The zero-order valence-electron chi connectivity index (χ0n) is 3.89. The first-order chi connectivity index (χ1) is 3.50. The maximum atomic E-state index is 3.75. The summed E-state index contributed by atoms with van der Waals surface area (Å²) >= 11 is 0. The van der Waals surface area contributed by atoms with E-state index < -0.39 is 0 Å². The van der Waals surface area contributed by atoms with Gasteiger partial charge in [-0.15, -0.1) is 0 Å². The molecule has 0 aromatic carbocycles. The Bertz CT molecular complexity index is 106. The van der Waals surface area contributed by atoms with E-state index in [1.54, 1.807) is 6.20 Å². The van der Waals surface area contributed by atoms with Crippen molar-refractivity contribution in [3.63, 3.8) is 0 Å². The lowest BCUT2D eigenvalue weighted by Gasteiger charge is -1.66. The predicted octanol–water partition coefficient (Wildman–Crippen LogP) is 1.21. The Morgan fingerprint density at radius 2 is 2.57 bits per heavy atom. The van der Waals surface area contributed by atoms with Crippen molar-refractivity contribution in [3.8, 4) is 0 Å². The highest BCUT2D eigenvalue weighted by atomic mass is 14.7. The molecule has 0 spiro atoms. The van der Waals surface area contributed by atoms with Crippen LogP contribution >= 0.6 is 0 Å². The highest BCUT2D eigenvalue weighted by Crippen LogP contribution is 1.85. The molecule has 1 aliphatic heterocycles. The molecule has 0 fully saturated rings. The van der Waals surface area contributed by atoms with Crippen LogP contribution in [0.4, 0.5) is 0 Å². The van der Waals surface area contributed by atoms with Crippen molar-refractivity contribution in [3.05, 3.63) is 24.4 Å². The van der Waals surface area contributed by atoms with E-state index >= 15 is 0 Å². The van der Waals surface area contributed by atoms with E-state index in [1.807, 2.05) is 12.2 Å². The number of aliphatic imine (C=N–C) groups is 1. The van der Waals surface area contributed by atoms with Gasteiger partial charge in [0.2, 0.25) is 0 Å². The Labute approximate surface area is 43.1 Å². The average molecular weight is 91.1 g/mol. The van der Waals surface area contributed by atoms with Gasteiger partial charge in [0, 0.05) is 12.6 Å². The molecule has 0 N–H and O–H groups in total. The maximum Gasteiger partial charge on any atom is 0.0665 e. The molecule has 0 atom stereocenters. The van der Waals surface area contributed by atoms with Gasteiger partial charge in [-0.2, -0.15) is 0 Å². The molecule has 0 aromatic heterocycles. The quantitative estimate of drug-likeness (QED) is 0.425. The smallest absolute Gasteiger partial charge is 0.0665 e. The highest BCUT2D eigenvalue weighted by molar-refractivity contribution is 5.60. The third-order valence-corrected chi connectivity index (χ3v) is 0.647. The van der Waals surface area contributed by atoms with Crippen molar-refractivity contribution >= 4 is 6.21 Å². The SMILES string of the molecule is [C]1=CC=CN=[C]C1. The van der Waals surface area contributed by atoms with Gasteiger partial charge < -0.3 is 0 Å². The van der Waals surface area contributed by atoms with E-state index in [4.69, 9.17) is 0 Å². The zero-order chi connectivity index (χ0) is 4.95. The molecule has 1 heterocycles. The molecule has 2 radical (unpaired) electrons. The Morgan fingerprint density at radius 3 is 3.57 bits per heavy atom. The molecule has 1 rings (SSSR count). The number of allylic oxidation sites excluding steroid dienone is 3. The summed E-state index contributed by atoms with van der Waals surface area (Å²) in [4.78, 5) is 3.75. The minimum absolute atomic E-state index is 0.715. The summed E-state index contributed by atoms with van der Waals surface area (Å²) in [6, 6.07) is 0. The lowest BCUT2D eigenvalue weighted by Crippen LogP contribution is -1.62. The lowest BCUT2D eigenvalue weighted by atomic mass is 10.4. The molecule has 0 amide bonds. The second kappa shape index (κ2) is 2.35. The van der Waals surface area contributed by atoms with Crippen molar-refractivity contribution in [2.24, 2.45) is 4.99 Å². The molecule has 34 valence electrons. The van der Waals surface area contributed by atoms with Crippen LogP contribution in [0.3, 0.4) is 0 Å². The molecule has 0 bridgehead atoms. The normalized spacial score (nSPS) is 17.1. The Morgan fingerprint density at radius 1 is 1.57 bits per heavy atom. The summed E-state index contributed by atoms with van der Waals surface area (Å²) < 4.78 is 0. The van der Waals surface area contributed by atoms with Gasteiger partial charge >= 0.3 is 0 Å². The Kier molecular flexibility index (Phi) is 1.44. The molecule has 0 saturated heterocycles. The molecule has 7 heavy (non-hydrogen) atoms. The molecule has 0 aromatic rings. The van der Waals surface area contributed by atoms with Crippen LogP contribution in [-0.4, -0.2) is 6.21 Å². The Hall–Kier alpha value is -0.850. The van der Waals surface area contributed by atoms with Crippen molar-refractivity contribution < 1.29 is 0 Å². The van der Waals surface area contributed by atoms with E-state index in [2.05, 4.69) is 17.3 Å². The first-order valence-electron chi connectivity index (χ1n) is 2.14. The van der Waals surface area contributed by atoms with Gasteiger partial charge in [0.15, 0.2) is 0 Å². The molecular formula is C6H5N. The van der Waals surface area contributed by atoms with Crippen LogP contribution in [0.5, 0.6) is 0 Å². The van der Waals surface area contributed by atoms with Crippen LogP contribution in [0.15, 0.2) is 23.3 Å². The third kappa shape index (κ3) is 1.35. The lowest BCUT2D eigenvalue weighted by molar-refractivity contribution is 1.46. The topological polar surface area (TPSA) is 12.4 Å². The largest absolute Gasteiger partial charge is 0.259 e. The van der Waals surface area contributed by atoms with E-state index in [-0.39, 0.29) is 0 Å². The maximum absolute atomic E-state index is 3.75. The number of nitrogens with zero attached hydrogens (tertiary/aromatic N) is 1. The van der Waals surface area contributed by atoms with Crippen molar-refractivity contribution in [2.75, 3.05) is 0 Å². The first kappa shape index (κ1) is 4.31. The molecule has 0 unspecified atom stereocenters. The van der Waals surface area contributed by atoms with Gasteiger partial charge in [0.1, 0.15) is 0 Å². The third-order valence-electron chi connectivity index (χ3n) is 0.647. The minimum Gasteiger partial charge on any atom is -0.259 e. The van der Waals surface area contributed by atoms with Gasteiger partial charge in [-0.25, -0.2) is 0 Å². The summed E-state index contributed by atoms with van der Waals surface area (Å²) in [7, 11) is 0. The average Bonchev–Trinajstić information content (AvgIpc) is 1.90. The van der Waals surface area contributed by atoms with Gasteiger partial charge in [-0.3, -0.25) is 4.99 Å². The van der Waals surface area contributed by atoms with Crippen LogP contribution in [0, 0.1) is 6.08 Å². The summed E-state index contributed by atoms with van der Waals surface area (Å²) in [5.41, 5.74) is 0. The molecule has 1 heteroatoms. The molecule has 0 aliphatic carbocycles. The number of hydrogen-bond donors (Lipinski definition) is 0. The molecular weight excluding hydrogens is 86.1 g/mol. The van der Waals surface area contributed by atoms with E-state index in [0.717, 1.165) is 0 Å². The van der Waals surface area contributed by atoms with Gasteiger partial charge in [-0.05, 0) is 12.2 Å². The molecule has 0 saturated carbocycles. The first-order valence-corrected chi connectivity index (χ1v) is 2.14.